The van der Waals surface area contributed by atoms with Gasteiger partial charge in [0.2, 0.25) is 15.9 Å². The van der Waals surface area contributed by atoms with E-state index in [1.807, 2.05) is 19.9 Å². The molecule has 31 heavy (non-hydrogen) atoms. The van der Waals surface area contributed by atoms with E-state index in [0.29, 0.717) is 42.3 Å². The van der Waals surface area contributed by atoms with Crippen LogP contribution in [0.3, 0.4) is 0 Å². The second-order valence-electron chi connectivity index (χ2n) is 7.74. The fraction of sp³-hybridized carbons (Fsp3) is 0.318. The molecule has 0 saturated carbocycles. The van der Waals surface area contributed by atoms with Gasteiger partial charge in [0.05, 0.1) is 10.6 Å². The van der Waals surface area contributed by atoms with Crippen LogP contribution in [0.25, 0.3) is 5.82 Å². The van der Waals surface area contributed by atoms with Gasteiger partial charge in [-0.3, -0.25) is 4.79 Å². The Bertz CT molecular complexity index is 1180. The van der Waals surface area contributed by atoms with Gasteiger partial charge in [0, 0.05) is 37.6 Å². The lowest BCUT2D eigenvalue weighted by atomic mass is 9.97. The average molecular weight is 440 g/mol. The van der Waals surface area contributed by atoms with Gasteiger partial charge >= 0.3 is 0 Å². The smallest absolute Gasteiger partial charge is 0.243 e. The largest absolute Gasteiger partial charge is 0.323 e. The van der Waals surface area contributed by atoms with Gasteiger partial charge in [-0.1, -0.05) is 6.07 Å². The Kier molecular flexibility index (Phi) is 5.88. The molecule has 0 radical (unpaired) electrons. The number of piperidine rings is 1. The van der Waals surface area contributed by atoms with Crippen molar-refractivity contribution in [1.29, 1.82) is 0 Å². The number of pyridine rings is 1. The molecule has 3 aromatic rings. The lowest BCUT2D eigenvalue weighted by molar-refractivity contribution is -0.120. The summed E-state index contributed by atoms with van der Waals surface area (Å²) in [5.41, 5.74) is 2.57. The lowest BCUT2D eigenvalue weighted by Gasteiger charge is -2.30. The molecule has 0 bridgehead atoms. The zero-order valence-corrected chi connectivity index (χ0v) is 18.3. The number of amides is 1. The van der Waals surface area contributed by atoms with E-state index in [1.54, 1.807) is 53.6 Å². The fourth-order valence-corrected chi connectivity index (χ4v) is 5.24. The Balaban J connectivity index is 1.42. The summed E-state index contributed by atoms with van der Waals surface area (Å²) in [6.07, 6.45) is 5.98. The molecule has 1 aromatic carbocycles. The van der Waals surface area contributed by atoms with Crippen LogP contribution < -0.4 is 5.32 Å². The predicted molar refractivity (Wildman–Crippen MR) is 117 cm³/mol. The van der Waals surface area contributed by atoms with Crippen LogP contribution in [-0.4, -0.2) is 46.5 Å². The molecular formula is C22H25N5O3S. The molecule has 1 amide bonds. The highest BCUT2D eigenvalue weighted by atomic mass is 32.2. The minimum Gasteiger partial charge on any atom is -0.323 e. The summed E-state index contributed by atoms with van der Waals surface area (Å²) < 4.78 is 29.1. The highest BCUT2D eigenvalue weighted by molar-refractivity contribution is 7.89. The minimum absolute atomic E-state index is 0.135. The van der Waals surface area contributed by atoms with E-state index in [1.165, 1.54) is 4.31 Å². The molecular weight excluding hydrogens is 414 g/mol. The highest BCUT2D eigenvalue weighted by Gasteiger charge is 2.32. The van der Waals surface area contributed by atoms with E-state index >= 15 is 0 Å². The monoisotopic (exact) mass is 439 g/mol. The summed E-state index contributed by atoms with van der Waals surface area (Å²) >= 11 is 0. The van der Waals surface area contributed by atoms with Crippen LogP contribution in [0.1, 0.15) is 24.0 Å². The number of nitrogens with one attached hydrogen (secondary N) is 1. The minimum atomic E-state index is -3.57. The quantitative estimate of drug-likeness (QED) is 0.659. The van der Waals surface area contributed by atoms with Crippen molar-refractivity contribution in [1.82, 2.24) is 19.1 Å². The maximum absolute atomic E-state index is 13.0. The number of anilines is 1. The van der Waals surface area contributed by atoms with Crippen LogP contribution in [0.2, 0.25) is 0 Å². The second kappa shape index (κ2) is 8.60. The van der Waals surface area contributed by atoms with Crippen molar-refractivity contribution in [3.63, 3.8) is 0 Å². The average Bonchev–Trinajstić information content (AvgIpc) is 3.31. The van der Waals surface area contributed by atoms with Crippen molar-refractivity contribution in [2.75, 3.05) is 18.4 Å². The number of nitrogens with zero attached hydrogens (tertiary/aromatic N) is 4. The summed E-state index contributed by atoms with van der Waals surface area (Å²) in [5, 5.41) is 7.11. The molecule has 9 heteroatoms. The first-order valence-electron chi connectivity index (χ1n) is 10.2. The number of hydrogen-bond donors (Lipinski definition) is 1. The third-order valence-electron chi connectivity index (χ3n) is 5.71. The second-order valence-corrected chi connectivity index (χ2v) is 9.68. The van der Waals surface area contributed by atoms with Crippen molar-refractivity contribution in [3.05, 3.63) is 66.1 Å². The van der Waals surface area contributed by atoms with E-state index in [0.717, 1.165) is 11.1 Å². The standard InChI is InChI=1S/C22H25N5O3S/c1-16-6-7-19(15-17(16)2)31(29,30)26-13-8-18(9-14-26)22(28)25-20-5-3-10-23-21(20)27-12-4-11-24-27/h3-7,10-12,15,18H,8-9,13-14H2,1-2H3,(H,25,28). The predicted octanol–water partition coefficient (Wildman–Crippen LogP) is 2.92. The normalized spacial score (nSPS) is 15.7. The molecule has 0 unspecified atom stereocenters. The first kappa shape index (κ1) is 21.2. The van der Waals surface area contributed by atoms with Gasteiger partial charge in [0.15, 0.2) is 5.82 Å². The van der Waals surface area contributed by atoms with Crippen LogP contribution in [-0.2, 0) is 14.8 Å². The molecule has 1 fully saturated rings. The molecule has 0 spiro atoms. The number of carbonyl (C=O) groups excluding carboxylic acids is 1. The zero-order chi connectivity index (χ0) is 22.0. The Labute approximate surface area is 182 Å². The first-order valence-corrected chi connectivity index (χ1v) is 11.6. The van der Waals surface area contributed by atoms with Gasteiger partial charge in [-0.15, -0.1) is 0 Å². The van der Waals surface area contributed by atoms with E-state index < -0.39 is 10.0 Å². The van der Waals surface area contributed by atoms with E-state index in [-0.39, 0.29) is 11.8 Å². The van der Waals surface area contributed by atoms with Crippen molar-refractivity contribution in [3.8, 4) is 5.82 Å². The summed E-state index contributed by atoms with van der Waals surface area (Å²) in [7, 11) is -3.57. The third-order valence-corrected chi connectivity index (χ3v) is 7.60. The molecule has 2 aromatic heterocycles. The Morgan fingerprint density at radius 3 is 2.52 bits per heavy atom. The molecule has 0 aliphatic carbocycles. The van der Waals surface area contributed by atoms with Crippen molar-refractivity contribution in [2.24, 2.45) is 5.92 Å². The van der Waals surface area contributed by atoms with Crippen LogP contribution in [0.5, 0.6) is 0 Å². The SMILES string of the molecule is Cc1ccc(S(=O)(=O)N2CCC(C(=O)Nc3cccnc3-n3cccn3)CC2)cc1C. The maximum Gasteiger partial charge on any atom is 0.243 e. The highest BCUT2D eigenvalue weighted by Crippen LogP contribution is 2.26. The molecule has 8 nitrogen and oxygen atoms in total. The molecule has 1 aliphatic heterocycles. The summed E-state index contributed by atoms with van der Waals surface area (Å²) in [4.78, 5) is 17.5. The van der Waals surface area contributed by atoms with Crippen molar-refractivity contribution >= 4 is 21.6 Å². The summed E-state index contributed by atoms with van der Waals surface area (Å²) in [6.45, 7) is 4.48. The first-order chi connectivity index (χ1) is 14.9. The fourth-order valence-electron chi connectivity index (χ4n) is 3.69. The van der Waals surface area contributed by atoms with Crippen LogP contribution in [0.4, 0.5) is 5.69 Å². The van der Waals surface area contributed by atoms with Gasteiger partial charge < -0.3 is 5.32 Å². The van der Waals surface area contributed by atoms with Gasteiger partial charge in [0.1, 0.15) is 0 Å². The zero-order valence-electron chi connectivity index (χ0n) is 17.5. The van der Waals surface area contributed by atoms with Gasteiger partial charge in [-0.2, -0.15) is 9.40 Å². The Morgan fingerprint density at radius 1 is 1.06 bits per heavy atom. The topological polar surface area (TPSA) is 97.2 Å². The molecule has 1 aliphatic rings. The van der Waals surface area contributed by atoms with Crippen molar-refractivity contribution < 1.29 is 13.2 Å². The van der Waals surface area contributed by atoms with E-state index in [4.69, 9.17) is 0 Å². The molecule has 1 N–H and O–H groups in total. The number of benzene rings is 1. The third kappa shape index (κ3) is 4.38. The Hall–Kier alpha value is -3.04. The molecule has 0 atom stereocenters. The number of aryl methyl sites for hydroxylation is 2. The maximum atomic E-state index is 13.0. The van der Waals surface area contributed by atoms with Crippen LogP contribution in [0.15, 0.2) is 59.9 Å². The lowest BCUT2D eigenvalue weighted by Crippen LogP contribution is -2.41. The summed E-state index contributed by atoms with van der Waals surface area (Å²) in [6, 6.07) is 10.5. The van der Waals surface area contributed by atoms with E-state index in [2.05, 4.69) is 15.4 Å². The number of aromatic nitrogens is 3. The van der Waals surface area contributed by atoms with E-state index in [9.17, 15) is 13.2 Å². The number of rotatable bonds is 5. The number of hydrogen-bond acceptors (Lipinski definition) is 5. The van der Waals surface area contributed by atoms with Crippen LogP contribution >= 0.6 is 0 Å². The molecule has 162 valence electrons. The van der Waals surface area contributed by atoms with Crippen LogP contribution in [0, 0.1) is 19.8 Å². The molecule has 1 saturated heterocycles. The number of sulfonamides is 1. The van der Waals surface area contributed by atoms with Gasteiger partial charge in [-0.05, 0) is 68.1 Å². The van der Waals surface area contributed by atoms with Crippen molar-refractivity contribution in [2.45, 2.75) is 31.6 Å². The Morgan fingerprint density at radius 2 is 1.84 bits per heavy atom. The summed E-state index contributed by atoms with van der Waals surface area (Å²) in [5.74, 6) is 0.136. The van der Waals surface area contributed by atoms with Gasteiger partial charge in [-0.25, -0.2) is 18.1 Å². The number of carbonyl (C=O) groups is 1. The molecule has 3 heterocycles. The van der Waals surface area contributed by atoms with Gasteiger partial charge in [0.25, 0.3) is 0 Å². The molecule has 4 rings (SSSR count).